The van der Waals surface area contributed by atoms with E-state index in [1.165, 1.54) is 19.2 Å². The molecule has 176 valence electrons. The highest BCUT2D eigenvalue weighted by Gasteiger charge is 2.23. The van der Waals surface area contributed by atoms with Crippen molar-refractivity contribution in [1.82, 2.24) is 14.9 Å². The van der Waals surface area contributed by atoms with E-state index in [1.807, 2.05) is 24.3 Å². The van der Waals surface area contributed by atoms with Crippen molar-refractivity contribution in [3.63, 3.8) is 0 Å². The number of piperazine rings is 1. The smallest absolute Gasteiger partial charge is 0.337 e. The van der Waals surface area contributed by atoms with Crippen LogP contribution >= 0.6 is 12.4 Å². The Hall–Kier alpha value is -2.04. The minimum absolute atomic E-state index is 0. The SMILES string of the molecule is COC(=O)c1ccc(CNS(=O)(=O)C(C)c2ccc(CN3CCNCC3)cc2)c(F)c1.Cl. The second kappa shape index (κ2) is 11.7. The second-order valence-electron chi connectivity index (χ2n) is 7.57. The lowest BCUT2D eigenvalue weighted by atomic mass is 10.1. The molecule has 3 rings (SSSR count). The highest BCUT2D eigenvalue weighted by atomic mass is 35.5. The Morgan fingerprint density at radius 1 is 1.19 bits per heavy atom. The number of halogens is 2. The molecule has 0 saturated carbocycles. The fourth-order valence-corrected chi connectivity index (χ4v) is 4.56. The van der Waals surface area contributed by atoms with Crippen LogP contribution in [0.5, 0.6) is 0 Å². The molecule has 2 aromatic rings. The van der Waals surface area contributed by atoms with Crippen LogP contribution < -0.4 is 10.0 Å². The molecular formula is C22H29ClFN3O4S. The lowest BCUT2D eigenvalue weighted by Crippen LogP contribution is -2.42. The van der Waals surface area contributed by atoms with Crippen LogP contribution in [0.4, 0.5) is 4.39 Å². The van der Waals surface area contributed by atoms with Gasteiger partial charge in [-0.05, 0) is 30.2 Å². The minimum Gasteiger partial charge on any atom is -0.465 e. The fraction of sp³-hybridized carbons (Fsp3) is 0.409. The summed E-state index contributed by atoms with van der Waals surface area (Å²) in [5, 5.41) is 2.53. The average Bonchev–Trinajstić information content (AvgIpc) is 2.78. The molecule has 0 radical (unpaired) electrons. The van der Waals surface area contributed by atoms with Crippen LogP contribution in [0.2, 0.25) is 0 Å². The van der Waals surface area contributed by atoms with Gasteiger partial charge in [-0.3, -0.25) is 4.90 Å². The van der Waals surface area contributed by atoms with Crippen molar-refractivity contribution < 1.29 is 22.3 Å². The number of methoxy groups -OCH3 is 1. The fourth-order valence-electron chi connectivity index (χ4n) is 3.44. The zero-order valence-electron chi connectivity index (χ0n) is 18.1. The number of sulfonamides is 1. The van der Waals surface area contributed by atoms with E-state index in [0.717, 1.165) is 44.4 Å². The molecule has 0 bridgehead atoms. The summed E-state index contributed by atoms with van der Waals surface area (Å²) in [5.41, 5.74) is 2.02. The molecule has 1 unspecified atom stereocenters. The largest absolute Gasteiger partial charge is 0.465 e. The number of esters is 1. The molecule has 0 aromatic heterocycles. The Morgan fingerprint density at radius 3 is 2.44 bits per heavy atom. The van der Waals surface area contributed by atoms with Crippen LogP contribution in [-0.4, -0.2) is 52.6 Å². The first kappa shape index (κ1) is 26.2. The molecule has 1 atom stereocenters. The zero-order valence-corrected chi connectivity index (χ0v) is 19.8. The van der Waals surface area contributed by atoms with E-state index in [1.54, 1.807) is 6.92 Å². The van der Waals surface area contributed by atoms with E-state index in [2.05, 4.69) is 19.7 Å². The summed E-state index contributed by atoms with van der Waals surface area (Å²) < 4.78 is 46.7. The van der Waals surface area contributed by atoms with Crippen LogP contribution in [0.25, 0.3) is 0 Å². The molecule has 2 aromatic carbocycles. The molecule has 1 aliphatic rings. The van der Waals surface area contributed by atoms with Crippen LogP contribution in [-0.2, 0) is 27.8 Å². The number of benzene rings is 2. The third-order valence-corrected chi connectivity index (χ3v) is 7.22. The summed E-state index contributed by atoms with van der Waals surface area (Å²) in [6.07, 6.45) is 0. The molecule has 0 amide bonds. The molecule has 1 fully saturated rings. The summed E-state index contributed by atoms with van der Waals surface area (Å²) in [6, 6.07) is 11.4. The maximum absolute atomic E-state index is 14.2. The summed E-state index contributed by atoms with van der Waals surface area (Å²) >= 11 is 0. The molecule has 7 nitrogen and oxygen atoms in total. The number of carbonyl (C=O) groups is 1. The van der Waals surface area contributed by atoms with Crippen molar-refractivity contribution in [1.29, 1.82) is 0 Å². The van der Waals surface area contributed by atoms with E-state index in [-0.39, 0.29) is 30.1 Å². The molecule has 1 aliphatic heterocycles. The predicted octanol–water partition coefficient (Wildman–Crippen LogP) is 2.62. The zero-order chi connectivity index (χ0) is 22.4. The standard InChI is InChI=1S/C22H28FN3O4S.ClH/c1-16(18-5-3-17(4-6-18)15-26-11-9-24-10-12-26)31(28,29)25-14-20-8-7-19(13-21(20)23)22(27)30-2;/h3-8,13,16,24-25H,9-12,14-15H2,1-2H3;1H. The Labute approximate surface area is 194 Å². The number of hydrogen-bond acceptors (Lipinski definition) is 6. The maximum atomic E-state index is 14.2. The summed E-state index contributed by atoms with van der Waals surface area (Å²) in [7, 11) is -2.52. The van der Waals surface area contributed by atoms with Gasteiger partial charge in [-0.25, -0.2) is 22.3 Å². The summed E-state index contributed by atoms with van der Waals surface area (Å²) in [4.78, 5) is 13.8. The van der Waals surface area contributed by atoms with Crippen LogP contribution in [0.1, 0.15) is 39.2 Å². The monoisotopic (exact) mass is 485 g/mol. The van der Waals surface area contributed by atoms with Gasteiger partial charge in [0.2, 0.25) is 10.0 Å². The Kier molecular flexibility index (Phi) is 9.60. The predicted molar refractivity (Wildman–Crippen MR) is 124 cm³/mol. The lowest BCUT2D eigenvalue weighted by molar-refractivity contribution is 0.0600. The molecule has 10 heteroatoms. The van der Waals surface area contributed by atoms with Crippen molar-refractivity contribution in [2.45, 2.75) is 25.3 Å². The van der Waals surface area contributed by atoms with Gasteiger partial charge in [-0.2, -0.15) is 0 Å². The van der Waals surface area contributed by atoms with Gasteiger partial charge in [0.1, 0.15) is 5.82 Å². The van der Waals surface area contributed by atoms with Crippen LogP contribution in [0.15, 0.2) is 42.5 Å². The third-order valence-electron chi connectivity index (χ3n) is 5.47. The van der Waals surface area contributed by atoms with Gasteiger partial charge in [-0.1, -0.05) is 30.3 Å². The number of carbonyl (C=O) groups excluding carboxylic acids is 1. The van der Waals surface area contributed by atoms with Gasteiger partial charge in [0.05, 0.1) is 17.9 Å². The second-order valence-corrected chi connectivity index (χ2v) is 9.66. The Morgan fingerprint density at radius 2 is 1.84 bits per heavy atom. The Bertz CT molecular complexity index is 1010. The van der Waals surface area contributed by atoms with Crippen molar-refractivity contribution >= 4 is 28.4 Å². The molecule has 1 saturated heterocycles. The molecular weight excluding hydrogens is 457 g/mol. The lowest BCUT2D eigenvalue weighted by Gasteiger charge is -2.27. The molecule has 32 heavy (non-hydrogen) atoms. The first-order chi connectivity index (χ1) is 14.8. The minimum atomic E-state index is -3.73. The van der Waals surface area contributed by atoms with Gasteiger partial charge in [0.15, 0.2) is 0 Å². The van der Waals surface area contributed by atoms with Crippen LogP contribution in [0.3, 0.4) is 0 Å². The van der Waals surface area contributed by atoms with E-state index < -0.39 is 27.1 Å². The normalized spacial score (nSPS) is 15.6. The van der Waals surface area contributed by atoms with Crippen molar-refractivity contribution in [2.75, 3.05) is 33.3 Å². The van der Waals surface area contributed by atoms with Gasteiger partial charge >= 0.3 is 5.97 Å². The first-order valence-corrected chi connectivity index (χ1v) is 11.7. The maximum Gasteiger partial charge on any atom is 0.337 e. The van der Waals surface area contributed by atoms with Gasteiger partial charge in [0, 0.05) is 44.8 Å². The van der Waals surface area contributed by atoms with Gasteiger partial charge in [0.25, 0.3) is 0 Å². The number of nitrogens with zero attached hydrogens (tertiary/aromatic N) is 1. The quantitative estimate of drug-likeness (QED) is 0.559. The van der Waals surface area contributed by atoms with Crippen molar-refractivity contribution in [3.05, 3.63) is 70.5 Å². The first-order valence-electron chi connectivity index (χ1n) is 10.2. The topological polar surface area (TPSA) is 87.7 Å². The van der Waals surface area contributed by atoms with Crippen LogP contribution in [0, 0.1) is 5.82 Å². The number of rotatable bonds is 8. The third kappa shape index (κ3) is 6.73. The average molecular weight is 486 g/mol. The van der Waals surface area contributed by atoms with E-state index in [0.29, 0.717) is 5.56 Å². The van der Waals surface area contributed by atoms with Crippen molar-refractivity contribution in [2.24, 2.45) is 0 Å². The van der Waals surface area contributed by atoms with E-state index >= 15 is 0 Å². The highest BCUT2D eigenvalue weighted by molar-refractivity contribution is 7.89. The summed E-state index contributed by atoms with van der Waals surface area (Å²) in [5.74, 6) is -1.32. The molecule has 1 heterocycles. The Balaban J connectivity index is 0.00000363. The van der Waals surface area contributed by atoms with E-state index in [4.69, 9.17) is 0 Å². The molecule has 0 spiro atoms. The van der Waals surface area contributed by atoms with Crippen molar-refractivity contribution in [3.8, 4) is 0 Å². The molecule has 0 aliphatic carbocycles. The highest BCUT2D eigenvalue weighted by Crippen LogP contribution is 2.22. The molecule has 2 N–H and O–H groups in total. The van der Waals surface area contributed by atoms with Gasteiger partial charge in [-0.15, -0.1) is 12.4 Å². The number of hydrogen-bond donors (Lipinski definition) is 2. The van der Waals surface area contributed by atoms with Gasteiger partial charge < -0.3 is 10.1 Å². The summed E-state index contributed by atoms with van der Waals surface area (Å²) in [6.45, 7) is 6.17. The number of ether oxygens (including phenoxy) is 1. The van der Waals surface area contributed by atoms with E-state index in [9.17, 15) is 17.6 Å². The number of nitrogens with one attached hydrogen (secondary N) is 2.